The average molecular weight is 227 g/mol. The Kier molecular flexibility index (Phi) is 3.39. The first kappa shape index (κ1) is 11.3. The molecule has 1 aliphatic rings. The summed E-state index contributed by atoms with van der Waals surface area (Å²) in [5.41, 5.74) is 0.401. The number of rotatable bonds is 2. The maximum atomic E-state index is 13.7. The number of halogens is 2. The third-order valence-electron chi connectivity index (χ3n) is 2.98. The van der Waals surface area contributed by atoms with Crippen LogP contribution in [0.25, 0.3) is 0 Å². The van der Waals surface area contributed by atoms with Crippen LogP contribution < -0.4 is 10.1 Å². The number of methoxy groups -OCH3 is 1. The van der Waals surface area contributed by atoms with Crippen molar-refractivity contribution >= 4 is 0 Å². The molecule has 1 fully saturated rings. The van der Waals surface area contributed by atoms with Crippen molar-refractivity contribution in [1.82, 2.24) is 5.32 Å². The lowest BCUT2D eigenvalue weighted by atomic mass is 9.97. The Balaban J connectivity index is 2.30. The molecule has 1 N–H and O–H groups in total. The van der Waals surface area contributed by atoms with Gasteiger partial charge in [-0.05, 0) is 25.5 Å². The Labute approximate surface area is 93.6 Å². The van der Waals surface area contributed by atoms with Gasteiger partial charge in [-0.15, -0.1) is 0 Å². The van der Waals surface area contributed by atoms with Crippen LogP contribution in [0, 0.1) is 11.6 Å². The zero-order valence-corrected chi connectivity index (χ0v) is 9.22. The van der Waals surface area contributed by atoms with Crippen LogP contribution in [0.4, 0.5) is 8.78 Å². The highest BCUT2D eigenvalue weighted by atomic mass is 19.2. The van der Waals surface area contributed by atoms with Crippen molar-refractivity contribution < 1.29 is 13.5 Å². The Morgan fingerprint density at radius 2 is 2.06 bits per heavy atom. The van der Waals surface area contributed by atoms with Gasteiger partial charge in [0.05, 0.1) is 7.11 Å². The monoisotopic (exact) mass is 227 g/mol. The fourth-order valence-corrected chi connectivity index (χ4v) is 2.09. The molecule has 2 nitrogen and oxygen atoms in total. The first-order valence-corrected chi connectivity index (χ1v) is 5.49. The van der Waals surface area contributed by atoms with Crippen molar-refractivity contribution in [3.05, 3.63) is 29.3 Å². The summed E-state index contributed by atoms with van der Waals surface area (Å²) in [5, 5.41) is 3.19. The lowest BCUT2D eigenvalue weighted by molar-refractivity contribution is 0.358. The molecule has 2 rings (SSSR count). The highest BCUT2D eigenvalue weighted by Gasteiger charge is 2.22. The number of nitrogens with one attached hydrogen (secondary N) is 1. The van der Waals surface area contributed by atoms with Gasteiger partial charge in [0.1, 0.15) is 0 Å². The smallest absolute Gasteiger partial charge is 0.200 e. The molecule has 4 heteroatoms. The first-order valence-electron chi connectivity index (χ1n) is 5.49. The van der Waals surface area contributed by atoms with Gasteiger partial charge < -0.3 is 10.1 Å². The zero-order valence-electron chi connectivity index (χ0n) is 9.22. The lowest BCUT2D eigenvalue weighted by Gasteiger charge is -2.24. The summed E-state index contributed by atoms with van der Waals surface area (Å²) < 4.78 is 32.0. The maximum absolute atomic E-state index is 13.7. The van der Waals surface area contributed by atoms with E-state index in [9.17, 15) is 8.78 Å². The number of hydrogen-bond acceptors (Lipinski definition) is 2. The minimum absolute atomic E-state index is 0.0444. The summed E-state index contributed by atoms with van der Waals surface area (Å²) in [6.07, 6.45) is 2.99. The summed E-state index contributed by atoms with van der Waals surface area (Å²) in [6.45, 7) is 0.859. The molecule has 0 spiro atoms. The molecule has 1 unspecified atom stereocenters. The Morgan fingerprint density at radius 1 is 1.25 bits per heavy atom. The van der Waals surface area contributed by atoms with Crippen molar-refractivity contribution in [2.24, 2.45) is 0 Å². The lowest BCUT2D eigenvalue weighted by Crippen LogP contribution is -2.27. The van der Waals surface area contributed by atoms with Crippen molar-refractivity contribution in [3.63, 3.8) is 0 Å². The third-order valence-corrected chi connectivity index (χ3v) is 2.98. The van der Waals surface area contributed by atoms with Gasteiger partial charge in [0, 0.05) is 11.6 Å². The van der Waals surface area contributed by atoms with Gasteiger partial charge in [0.15, 0.2) is 11.6 Å². The molecule has 1 aromatic carbocycles. The summed E-state index contributed by atoms with van der Waals surface area (Å²) in [4.78, 5) is 0. The van der Waals surface area contributed by atoms with E-state index in [4.69, 9.17) is 4.74 Å². The van der Waals surface area contributed by atoms with Gasteiger partial charge in [-0.25, -0.2) is 4.39 Å². The standard InChI is InChI=1S/C12H15F2NO/c1-16-10-6-5-8(11(13)12(10)14)9-4-2-3-7-15-9/h5-6,9,15H,2-4,7H2,1H3. The topological polar surface area (TPSA) is 21.3 Å². The van der Waals surface area contributed by atoms with E-state index in [1.807, 2.05) is 0 Å². The highest BCUT2D eigenvalue weighted by molar-refractivity contribution is 5.32. The van der Waals surface area contributed by atoms with Crippen LogP contribution in [0.15, 0.2) is 12.1 Å². The van der Waals surface area contributed by atoms with E-state index in [-0.39, 0.29) is 11.8 Å². The molecule has 16 heavy (non-hydrogen) atoms. The molecule has 1 aromatic rings. The fourth-order valence-electron chi connectivity index (χ4n) is 2.09. The normalized spacial score (nSPS) is 20.8. The van der Waals surface area contributed by atoms with E-state index in [1.54, 1.807) is 6.07 Å². The summed E-state index contributed by atoms with van der Waals surface area (Å²) in [5.74, 6) is -1.73. The van der Waals surface area contributed by atoms with E-state index < -0.39 is 11.6 Å². The second-order valence-electron chi connectivity index (χ2n) is 3.99. The van der Waals surface area contributed by atoms with E-state index >= 15 is 0 Å². The molecule has 88 valence electrons. The minimum atomic E-state index is -0.896. The number of piperidine rings is 1. The Hall–Kier alpha value is -1.16. The van der Waals surface area contributed by atoms with E-state index in [0.29, 0.717) is 5.56 Å². The molecule has 1 saturated heterocycles. The SMILES string of the molecule is COc1ccc(C2CCCCN2)c(F)c1F. The Morgan fingerprint density at radius 3 is 2.69 bits per heavy atom. The second kappa shape index (κ2) is 4.78. The first-order chi connectivity index (χ1) is 7.74. The van der Waals surface area contributed by atoms with Crippen LogP contribution in [0.1, 0.15) is 30.9 Å². The quantitative estimate of drug-likeness (QED) is 0.838. The Bertz CT molecular complexity index is 376. The fraction of sp³-hybridized carbons (Fsp3) is 0.500. The average Bonchev–Trinajstić information content (AvgIpc) is 2.34. The highest BCUT2D eigenvalue weighted by Crippen LogP contribution is 2.30. The molecule has 1 atom stereocenters. The second-order valence-corrected chi connectivity index (χ2v) is 3.99. The minimum Gasteiger partial charge on any atom is -0.494 e. The largest absolute Gasteiger partial charge is 0.494 e. The van der Waals surface area contributed by atoms with Crippen molar-refractivity contribution in [2.45, 2.75) is 25.3 Å². The van der Waals surface area contributed by atoms with Crippen LogP contribution in [0.3, 0.4) is 0 Å². The molecule has 1 aliphatic heterocycles. The number of benzene rings is 1. The van der Waals surface area contributed by atoms with Gasteiger partial charge in [-0.3, -0.25) is 0 Å². The molecule has 0 aromatic heterocycles. The van der Waals surface area contributed by atoms with Crippen molar-refractivity contribution in [2.75, 3.05) is 13.7 Å². The zero-order chi connectivity index (χ0) is 11.5. The van der Waals surface area contributed by atoms with Crippen LogP contribution in [0.2, 0.25) is 0 Å². The van der Waals surface area contributed by atoms with Gasteiger partial charge in [0.25, 0.3) is 0 Å². The molecule has 0 saturated carbocycles. The van der Waals surface area contributed by atoms with Gasteiger partial charge in [0.2, 0.25) is 5.82 Å². The molecule has 0 radical (unpaired) electrons. The van der Waals surface area contributed by atoms with E-state index in [2.05, 4.69) is 5.32 Å². The van der Waals surface area contributed by atoms with Gasteiger partial charge in [-0.1, -0.05) is 12.5 Å². The third kappa shape index (κ3) is 2.02. The van der Waals surface area contributed by atoms with E-state index in [1.165, 1.54) is 13.2 Å². The van der Waals surface area contributed by atoms with Crippen LogP contribution >= 0.6 is 0 Å². The van der Waals surface area contributed by atoms with Gasteiger partial charge >= 0.3 is 0 Å². The maximum Gasteiger partial charge on any atom is 0.200 e. The number of ether oxygens (including phenoxy) is 1. The summed E-state index contributed by atoms with van der Waals surface area (Å²) in [6, 6.07) is 3.00. The molecule has 0 amide bonds. The molecular weight excluding hydrogens is 212 g/mol. The summed E-state index contributed by atoms with van der Waals surface area (Å²) >= 11 is 0. The summed E-state index contributed by atoms with van der Waals surface area (Å²) in [7, 11) is 1.33. The van der Waals surface area contributed by atoms with Crippen molar-refractivity contribution in [3.8, 4) is 5.75 Å². The molecule has 0 aliphatic carbocycles. The molecular formula is C12H15F2NO. The molecule has 0 bridgehead atoms. The van der Waals surface area contributed by atoms with Crippen molar-refractivity contribution in [1.29, 1.82) is 0 Å². The van der Waals surface area contributed by atoms with E-state index in [0.717, 1.165) is 25.8 Å². The van der Waals surface area contributed by atoms with Crippen LogP contribution in [-0.4, -0.2) is 13.7 Å². The predicted molar refractivity (Wildman–Crippen MR) is 57.5 cm³/mol. The van der Waals surface area contributed by atoms with Crippen LogP contribution in [0.5, 0.6) is 5.75 Å². The predicted octanol–water partition coefficient (Wildman–Crippen LogP) is 2.79. The molecule has 1 heterocycles. The van der Waals surface area contributed by atoms with Gasteiger partial charge in [-0.2, -0.15) is 4.39 Å². The number of hydrogen-bond donors (Lipinski definition) is 1. The van der Waals surface area contributed by atoms with Crippen LogP contribution in [-0.2, 0) is 0 Å².